The molecule has 1 aromatic rings. The number of hydrogen-bond acceptors (Lipinski definition) is 4. The van der Waals surface area contributed by atoms with Crippen molar-refractivity contribution >= 4 is 16.0 Å². The van der Waals surface area contributed by atoms with Crippen molar-refractivity contribution in [2.24, 2.45) is 5.92 Å². The van der Waals surface area contributed by atoms with E-state index in [9.17, 15) is 13.2 Å². The van der Waals surface area contributed by atoms with Crippen molar-refractivity contribution in [1.29, 1.82) is 0 Å². The second-order valence-electron chi connectivity index (χ2n) is 5.63. The molecule has 1 N–H and O–H groups in total. The highest BCUT2D eigenvalue weighted by molar-refractivity contribution is 7.89. The van der Waals surface area contributed by atoms with Crippen LogP contribution in [0.4, 0.5) is 0 Å². The molecular formula is C13H21N3O4S. The van der Waals surface area contributed by atoms with Crippen LogP contribution >= 0.6 is 0 Å². The fourth-order valence-electron chi connectivity index (χ4n) is 2.63. The van der Waals surface area contributed by atoms with Gasteiger partial charge >= 0.3 is 5.97 Å². The minimum Gasteiger partial charge on any atom is -0.480 e. The normalized spacial score (nSPS) is 16.2. The van der Waals surface area contributed by atoms with E-state index in [0.29, 0.717) is 23.9 Å². The highest BCUT2D eigenvalue weighted by atomic mass is 32.2. The van der Waals surface area contributed by atoms with E-state index in [-0.39, 0.29) is 11.4 Å². The molecule has 2 rings (SSSR count). The second-order valence-corrected chi connectivity index (χ2v) is 7.62. The number of hydrogen-bond donors (Lipinski definition) is 1. The third-order valence-electron chi connectivity index (χ3n) is 4.01. The van der Waals surface area contributed by atoms with Crippen LogP contribution in [0.3, 0.4) is 0 Å². The van der Waals surface area contributed by atoms with Crippen LogP contribution in [0.25, 0.3) is 0 Å². The summed E-state index contributed by atoms with van der Waals surface area (Å²) >= 11 is 0. The third kappa shape index (κ3) is 3.11. The van der Waals surface area contributed by atoms with E-state index in [1.807, 2.05) is 0 Å². The molecule has 0 spiro atoms. The first kappa shape index (κ1) is 16.0. The Hall–Kier alpha value is -1.41. The molecule has 1 heterocycles. The van der Waals surface area contributed by atoms with E-state index >= 15 is 0 Å². The topological polar surface area (TPSA) is 92.5 Å². The van der Waals surface area contributed by atoms with Crippen molar-refractivity contribution in [1.82, 2.24) is 14.1 Å². The summed E-state index contributed by atoms with van der Waals surface area (Å²) in [5.41, 5.74) is 0.713. The first-order chi connectivity index (χ1) is 9.73. The summed E-state index contributed by atoms with van der Waals surface area (Å²) in [6.07, 6.45) is 3.29. The van der Waals surface area contributed by atoms with Gasteiger partial charge in [0.25, 0.3) is 0 Å². The van der Waals surface area contributed by atoms with Crippen LogP contribution in [0.15, 0.2) is 4.90 Å². The number of rotatable bonds is 6. The van der Waals surface area contributed by atoms with Crippen LogP contribution in [-0.2, 0) is 21.4 Å². The first-order valence-electron chi connectivity index (χ1n) is 6.95. The Bertz CT molecular complexity index is 647. The van der Waals surface area contributed by atoms with E-state index in [0.717, 1.165) is 19.3 Å². The number of aryl methyl sites for hydroxylation is 1. The molecule has 1 aliphatic carbocycles. The maximum Gasteiger partial charge on any atom is 0.325 e. The number of carbonyl (C=O) groups is 1. The second kappa shape index (κ2) is 5.76. The summed E-state index contributed by atoms with van der Waals surface area (Å²) in [5, 5.41) is 12.9. The van der Waals surface area contributed by atoms with Gasteiger partial charge in [-0.15, -0.1) is 0 Å². The van der Waals surface area contributed by atoms with Crippen LogP contribution in [0, 0.1) is 19.8 Å². The molecule has 21 heavy (non-hydrogen) atoms. The zero-order valence-corrected chi connectivity index (χ0v) is 13.4. The summed E-state index contributed by atoms with van der Waals surface area (Å²) in [7, 11) is -2.06. The van der Waals surface area contributed by atoms with Gasteiger partial charge in [0.05, 0.1) is 11.4 Å². The van der Waals surface area contributed by atoms with E-state index < -0.39 is 16.0 Å². The predicted octanol–water partition coefficient (Wildman–Crippen LogP) is 1.01. The van der Waals surface area contributed by atoms with Crippen molar-refractivity contribution in [2.45, 2.75) is 44.6 Å². The lowest BCUT2D eigenvalue weighted by molar-refractivity contribution is -0.137. The Morgan fingerprint density at radius 3 is 2.52 bits per heavy atom. The zero-order chi connectivity index (χ0) is 15.8. The van der Waals surface area contributed by atoms with Gasteiger partial charge in [0.1, 0.15) is 11.4 Å². The quantitative estimate of drug-likeness (QED) is 0.845. The molecule has 1 fully saturated rings. The van der Waals surface area contributed by atoms with Crippen molar-refractivity contribution < 1.29 is 18.3 Å². The minimum atomic E-state index is -3.63. The lowest BCUT2D eigenvalue weighted by Gasteiger charge is -2.29. The molecule has 1 saturated carbocycles. The van der Waals surface area contributed by atoms with E-state index in [2.05, 4.69) is 5.10 Å². The van der Waals surface area contributed by atoms with Gasteiger partial charge in [0.15, 0.2) is 0 Å². The first-order valence-corrected chi connectivity index (χ1v) is 8.39. The van der Waals surface area contributed by atoms with Gasteiger partial charge < -0.3 is 5.11 Å². The molecule has 0 aromatic carbocycles. The molecule has 1 aliphatic rings. The smallest absolute Gasteiger partial charge is 0.325 e. The number of sulfonamides is 1. The minimum absolute atomic E-state index is 0.130. The van der Waals surface area contributed by atoms with Gasteiger partial charge in [-0.25, -0.2) is 12.7 Å². The van der Waals surface area contributed by atoms with Gasteiger partial charge in [-0.05, 0) is 32.6 Å². The zero-order valence-electron chi connectivity index (χ0n) is 12.5. The molecule has 0 bridgehead atoms. The Balaban J connectivity index is 2.30. The van der Waals surface area contributed by atoms with Gasteiger partial charge in [-0.2, -0.15) is 5.10 Å². The van der Waals surface area contributed by atoms with Crippen LogP contribution in [0.2, 0.25) is 0 Å². The van der Waals surface area contributed by atoms with E-state index in [1.54, 1.807) is 20.9 Å². The van der Waals surface area contributed by atoms with Gasteiger partial charge in [-0.3, -0.25) is 9.48 Å². The van der Waals surface area contributed by atoms with Gasteiger partial charge in [0.2, 0.25) is 10.0 Å². The van der Waals surface area contributed by atoms with Crippen LogP contribution < -0.4 is 0 Å². The molecule has 0 saturated heterocycles. The summed E-state index contributed by atoms with van der Waals surface area (Å²) in [4.78, 5) is 10.9. The molecule has 0 unspecified atom stereocenters. The summed E-state index contributed by atoms with van der Waals surface area (Å²) in [6.45, 7) is 3.35. The molecule has 7 nitrogen and oxygen atoms in total. The Labute approximate surface area is 124 Å². The van der Waals surface area contributed by atoms with Gasteiger partial charge in [-0.1, -0.05) is 6.42 Å². The Kier molecular flexibility index (Phi) is 4.38. The van der Waals surface area contributed by atoms with Crippen molar-refractivity contribution in [3.63, 3.8) is 0 Å². The molecule has 1 aromatic heterocycles. The SMILES string of the molecule is Cc1nn(CC(=O)O)c(C)c1S(=O)(=O)N(C)CC1CCC1. The van der Waals surface area contributed by atoms with Crippen molar-refractivity contribution in [2.75, 3.05) is 13.6 Å². The predicted molar refractivity (Wildman–Crippen MR) is 76.5 cm³/mol. The number of carboxylic acid groups (broad SMARTS) is 1. The van der Waals surface area contributed by atoms with Crippen LogP contribution in [-0.4, -0.2) is 47.2 Å². The maximum absolute atomic E-state index is 12.7. The molecule has 0 amide bonds. The average molecular weight is 315 g/mol. The van der Waals surface area contributed by atoms with Crippen LogP contribution in [0.5, 0.6) is 0 Å². The summed E-state index contributed by atoms with van der Waals surface area (Å²) in [5.74, 6) is -0.619. The van der Waals surface area contributed by atoms with Crippen molar-refractivity contribution in [3.05, 3.63) is 11.4 Å². The average Bonchev–Trinajstić information content (AvgIpc) is 2.58. The highest BCUT2D eigenvalue weighted by Gasteiger charge is 2.31. The lowest BCUT2D eigenvalue weighted by Crippen LogP contribution is -2.34. The fourth-order valence-corrected chi connectivity index (χ4v) is 4.24. The van der Waals surface area contributed by atoms with Gasteiger partial charge in [0, 0.05) is 13.6 Å². The number of aliphatic carboxylic acids is 1. The summed E-state index contributed by atoms with van der Waals surface area (Å²) < 4.78 is 27.9. The maximum atomic E-state index is 12.7. The standard InChI is InChI=1S/C13H21N3O4S/c1-9-13(10(2)16(14-9)8-12(17)18)21(19,20)15(3)7-11-5-4-6-11/h11H,4-8H2,1-3H3,(H,17,18). The molecule has 118 valence electrons. The highest BCUT2D eigenvalue weighted by Crippen LogP contribution is 2.29. The van der Waals surface area contributed by atoms with E-state index in [1.165, 1.54) is 8.99 Å². The number of nitrogens with zero attached hydrogens (tertiary/aromatic N) is 3. The number of carboxylic acids is 1. The molecule has 8 heteroatoms. The molecular weight excluding hydrogens is 294 g/mol. The fraction of sp³-hybridized carbons (Fsp3) is 0.692. The third-order valence-corrected chi connectivity index (χ3v) is 6.08. The molecule has 0 aliphatic heterocycles. The van der Waals surface area contributed by atoms with Crippen molar-refractivity contribution in [3.8, 4) is 0 Å². The number of aromatic nitrogens is 2. The van der Waals surface area contributed by atoms with Crippen LogP contribution in [0.1, 0.15) is 30.7 Å². The summed E-state index contributed by atoms with van der Waals surface area (Å²) in [6, 6.07) is 0. The lowest BCUT2D eigenvalue weighted by atomic mass is 9.86. The monoisotopic (exact) mass is 315 g/mol. The Morgan fingerprint density at radius 2 is 2.05 bits per heavy atom. The largest absolute Gasteiger partial charge is 0.480 e. The molecule has 0 atom stereocenters. The molecule has 0 radical (unpaired) electrons. The van der Waals surface area contributed by atoms with E-state index in [4.69, 9.17) is 5.11 Å². The Morgan fingerprint density at radius 1 is 1.43 bits per heavy atom.